The number of benzene rings is 1. The van der Waals surface area contributed by atoms with Crippen LogP contribution in [0.2, 0.25) is 5.02 Å². The number of nitrogens with one attached hydrogen (secondary N) is 2. The molecule has 0 bridgehead atoms. The smallest absolute Gasteiger partial charge is 0.267 e. The first kappa shape index (κ1) is 12.6. The molecule has 0 atom stereocenters. The predicted molar refractivity (Wildman–Crippen MR) is 75.0 cm³/mol. The summed E-state index contributed by atoms with van der Waals surface area (Å²) in [6.07, 6.45) is 1.33. The number of hydrogen-bond acceptors (Lipinski definition) is 3. The molecule has 0 fully saturated rings. The summed E-state index contributed by atoms with van der Waals surface area (Å²) < 4.78 is 1.06. The van der Waals surface area contributed by atoms with Crippen LogP contribution >= 0.6 is 43.5 Å². The van der Waals surface area contributed by atoms with E-state index in [2.05, 4.69) is 47.1 Å². The number of rotatable bonds is 2. The minimum atomic E-state index is -0.249. The van der Waals surface area contributed by atoms with Gasteiger partial charge in [0.05, 0.1) is 21.5 Å². The molecule has 17 heavy (non-hydrogen) atoms. The van der Waals surface area contributed by atoms with E-state index in [1.165, 1.54) is 6.33 Å². The van der Waals surface area contributed by atoms with Crippen molar-refractivity contribution in [2.75, 3.05) is 5.32 Å². The third-order valence-corrected chi connectivity index (χ3v) is 4.13. The van der Waals surface area contributed by atoms with E-state index in [1.807, 2.05) is 6.07 Å². The molecule has 0 aliphatic rings. The summed E-state index contributed by atoms with van der Waals surface area (Å²) >= 11 is 12.5. The van der Waals surface area contributed by atoms with E-state index in [-0.39, 0.29) is 5.56 Å². The normalized spacial score (nSPS) is 10.3. The molecule has 0 radical (unpaired) electrons. The maximum atomic E-state index is 11.4. The van der Waals surface area contributed by atoms with E-state index in [1.54, 1.807) is 12.1 Å². The Morgan fingerprint density at radius 1 is 1.29 bits per heavy atom. The van der Waals surface area contributed by atoms with Crippen LogP contribution in [0.15, 0.2) is 38.3 Å². The second-order valence-electron chi connectivity index (χ2n) is 3.12. The Bertz CT molecular complexity index is 615. The largest absolute Gasteiger partial charge is 0.338 e. The highest BCUT2D eigenvalue weighted by atomic mass is 79.9. The van der Waals surface area contributed by atoms with Gasteiger partial charge in [-0.2, -0.15) is 0 Å². The van der Waals surface area contributed by atoms with Gasteiger partial charge in [-0.3, -0.25) is 4.79 Å². The van der Waals surface area contributed by atoms with Crippen molar-refractivity contribution in [3.63, 3.8) is 0 Å². The van der Waals surface area contributed by atoms with Crippen molar-refractivity contribution in [3.8, 4) is 0 Å². The van der Waals surface area contributed by atoms with Crippen LogP contribution in [0.3, 0.4) is 0 Å². The summed E-state index contributed by atoms with van der Waals surface area (Å²) in [6.45, 7) is 0. The fourth-order valence-corrected chi connectivity index (χ4v) is 2.05. The lowest BCUT2D eigenvalue weighted by molar-refractivity contribution is 1.10. The van der Waals surface area contributed by atoms with Crippen molar-refractivity contribution in [2.45, 2.75) is 0 Å². The topological polar surface area (TPSA) is 57.8 Å². The van der Waals surface area contributed by atoms with Gasteiger partial charge in [-0.1, -0.05) is 17.7 Å². The third-order valence-electron chi connectivity index (χ3n) is 2.00. The molecule has 1 aromatic heterocycles. The van der Waals surface area contributed by atoms with Gasteiger partial charge in [-0.15, -0.1) is 0 Å². The highest BCUT2D eigenvalue weighted by Gasteiger charge is 2.08. The Hall–Kier alpha value is -0.850. The van der Waals surface area contributed by atoms with Crippen molar-refractivity contribution < 1.29 is 0 Å². The summed E-state index contributed by atoms with van der Waals surface area (Å²) in [5.74, 6) is 0.428. The number of hydrogen-bond donors (Lipinski definition) is 2. The van der Waals surface area contributed by atoms with Gasteiger partial charge in [0.25, 0.3) is 5.56 Å². The molecule has 0 saturated heterocycles. The van der Waals surface area contributed by atoms with Gasteiger partial charge in [0, 0.05) is 0 Å². The van der Waals surface area contributed by atoms with Gasteiger partial charge >= 0.3 is 0 Å². The fourth-order valence-electron chi connectivity index (χ4n) is 1.20. The zero-order chi connectivity index (χ0) is 12.4. The summed E-state index contributed by atoms with van der Waals surface area (Å²) in [5, 5.41) is 3.59. The Morgan fingerprint density at radius 3 is 2.82 bits per heavy atom. The molecule has 0 amide bonds. The van der Waals surface area contributed by atoms with Crippen LogP contribution in [0.5, 0.6) is 0 Å². The molecule has 88 valence electrons. The lowest BCUT2D eigenvalue weighted by Gasteiger charge is -2.09. The molecule has 1 heterocycles. The third kappa shape index (κ3) is 2.70. The molecule has 0 spiro atoms. The van der Waals surface area contributed by atoms with E-state index < -0.39 is 0 Å². The van der Waals surface area contributed by atoms with Crippen LogP contribution in [-0.2, 0) is 0 Å². The van der Waals surface area contributed by atoms with Gasteiger partial charge in [0.1, 0.15) is 4.47 Å². The van der Waals surface area contributed by atoms with Gasteiger partial charge in [0.2, 0.25) is 0 Å². The standard InChI is InChI=1S/C10H6Br2ClN3O/c11-7-5(13)2-1-3-6(7)16-9-8(12)10(17)15-4-14-9/h1-4H,(H2,14,15,16,17). The lowest BCUT2D eigenvalue weighted by atomic mass is 10.3. The van der Waals surface area contributed by atoms with Crippen molar-refractivity contribution >= 4 is 55.0 Å². The minimum absolute atomic E-state index is 0.249. The molecule has 0 saturated carbocycles. The van der Waals surface area contributed by atoms with E-state index in [0.29, 0.717) is 15.3 Å². The Balaban J connectivity index is 2.42. The number of halogens is 3. The average Bonchev–Trinajstić information content (AvgIpc) is 2.31. The Kier molecular flexibility index (Phi) is 3.86. The number of nitrogens with zero attached hydrogens (tertiary/aromatic N) is 1. The molecule has 0 aliphatic carbocycles. The maximum absolute atomic E-state index is 11.4. The van der Waals surface area contributed by atoms with Crippen molar-refractivity contribution in [1.29, 1.82) is 0 Å². The van der Waals surface area contributed by atoms with E-state index in [0.717, 1.165) is 10.2 Å². The second kappa shape index (κ2) is 5.20. The molecular weight excluding hydrogens is 373 g/mol. The molecule has 7 heteroatoms. The monoisotopic (exact) mass is 377 g/mol. The molecule has 0 unspecified atom stereocenters. The highest BCUT2D eigenvalue weighted by molar-refractivity contribution is 9.11. The first-order valence-electron chi connectivity index (χ1n) is 4.54. The molecule has 0 aliphatic heterocycles. The molecule has 2 N–H and O–H groups in total. The van der Waals surface area contributed by atoms with Gasteiger partial charge in [-0.05, 0) is 44.0 Å². The van der Waals surface area contributed by atoms with Crippen LogP contribution in [0.4, 0.5) is 11.5 Å². The van der Waals surface area contributed by atoms with E-state index in [4.69, 9.17) is 11.6 Å². The van der Waals surface area contributed by atoms with Gasteiger partial charge in [-0.25, -0.2) is 4.98 Å². The van der Waals surface area contributed by atoms with E-state index >= 15 is 0 Å². The number of anilines is 2. The van der Waals surface area contributed by atoms with Crippen LogP contribution in [0, 0.1) is 0 Å². The van der Waals surface area contributed by atoms with Crippen molar-refractivity contribution in [3.05, 3.63) is 48.8 Å². The van der Waals surface area contributed by atoms with Crippen molar-refractivity contribution in [2.24, 2.45) is 0 Å². The molecular formula is C10H6Br2ClN3O. The summed E-state index contributed by atoms with van der Waals surface area (Å²) in [4.78, 5) is 17.8. The predicted octanol–water partition coefficient (Wildman–Crippen LogP) is 3.69. The summed E-state index contributed by atoms with van der Waals surface area (Å²) in [6, 6.07) is 5.39. The maximum Gasteiger partial charge on any atom is 0.267 e. The molecule has 1 aromatic carbocycles. The first-order valence-corrected chi connectivity index (χ1v) is 6.50. The highest BCUT2D eigenvalue weighted by Crippen LogP contribution is 2.32. The number of aromatic amines is 1. The van der Waals surface area contributed by atoms with Crippen LogP contribution in [0.1, 0.15) is 0 Å². The summed E-state index contributed by atoms with van der Waals surface area (Å²) in [5.41, 5.74) is 0.483. The van der Waals surface area contributed by atoms with Crippen LogP contribution < -0.4 is 10.9 Å². The summed E-state index contributed by atoms with van der Waals surface area (Å²) in [7, 11) is 0. The minimum Gasteiger partial charge on any atom is -0.338 e. The lowest BCUT2D eigenvalue weighted by Crippen LogP contribution is -2.10. The van der Waals surface area contributed by atoms with Crippen LogP contribution in [0.25, 0.3) is 0 Å². The van der Waals surface area contributed by atoms with Gasteiger partial charge in [0.15, 0.2) is 5.82 Å². The molecule has 4 nitrogen and oxygen atoms in total. The molecule has 2 aromatic rings. The Morgan fingerprint density at radius 2 is 2.06 bits per heavy atom. The number of H-pyrrole nitrogens is 1. The van der Waals surface area contributed by atoms with E-state index in [9.17, 15) is 4.79 Å². The Labute approximate surface area is 119 Å². The fraction of sp³-hybridized carbons (Fsp3) is 0. The second-order valence-corrected chi connectivity index (χ2v) is 5.11. The van der Waals surface area contributed by atoms with Gasteiger partial charge < -0.3 is 10.3 Å². The zero-order valence-electron chi connectivity index (χ0n) is 8.30. The molecule has 2 rings (SSSR count). The van der Waals surface area contributed by atoms with Crippen LogP contribution in [-0.4, -0.2) is 9.97 Å². The zero-order valence-corrected chi connectivity index (χ0v) is 12.2. The average molecular weight is 379 g/mol. The first-order chi connectivity index (χ1) is 8.09. The number of aromatic nitrogens is 2. The quantitative estimate of drug-likeness (QED) is 0.837. The van der Waals surface area contributed by atoms with Crippen molar-refractivity contribution in [1.82, 2.24) is 9.97 Å². The SMILES string of the molecule is O=c1[nH]cnc(Nc2cccc(Cl)c2Br)c1Br.